The van der Waals surface area contributed by atoms with E-state index in [0.29, 0.717) is 5.75 Å². The Balaban J connectivity index is 2.32. The summed E-state index contributed by atoms with van der Waals surface area (Å²) in [7, 11) is -1.42. The van der Waals surface area contributed by atoms with Gasteiger partial charge in [0.1, 0.15) is 5.82 Å². The number of sulfonamides is 1. The smallest absolute Gasteiger partial charge is 0.267 e. The molecule has 6 nitrogen and oxygen atoms in total. The van der Waals surface area contributed by atoms with Gasteiger partial charge in [-0.15, -0.1) is 0 Å². The Kier molecular flexibility index (Phi) is 4.85. The zero-order valence-electron chi connectivity index (χ0n) is 12.4. The number of halogens is 1. The minimum absolute atomic E-state index is 0.189. The van der Waals surface area contributed by atoms with Crippen LogP contribution < -0.4 is 14.2 Å². The van der Waals surface area contributed by atoms with Gasteiger partial charge in [-0.05, 0) is 24.3 Å². The van der Waals surface area contributed by atoms with E-state index in [9.17, 15) is 17.6 Å². The molecule has 0 saturated heterocycles. The molecular weight excluding hydrogens is 325 g/mol. The molecule has 122 valence electrons. The Morgan fingerprint density at radius 3 is 2.30 bits per heavy atom. The van der Waals surface area contributed by atoms with E-state index >= 15 is 0 Å². The number of ether oxygens (including phenoxy) is 2. The molecular formula is C15H14FNO5S. The Bertz CT molecular complexity index is 836. The summed E-state index contributed by atoms with van der Waals surface area (Å²) >= 11 is 0. The van der Waals surface area contributed by atoms with Gasteiger partial charge in [-0.1, -0.05) is 12.1 Å². The zero-order chi connectivity index (χ0) is 17.0. The molecule has 2 aromatic carbocycles. The Morgan fingerprint density at radius 1 is 1.04 bits per heavy atom. The van der Waals surface area contributed by atoms with Crippen LogP contribution >= 0.6 is 0 Å². The molecule has 0 unspecified atom stereocenters. The van der Waals surface area contributed by atoms with Crippen molar-refractivity contribution in [3.63, 3.8) is 0 Å². The van der Waals surface area contributed by atoms with Crippen LogP contribution in [-0.4, -0.2) is 28.5 Å². The predicted octanol–water partition coefficient (Wildman–Crippen LogP) is 1.96. The van der Waals surface area contributed by atoms with Crippen molar-refractivity contribution in [2.45, 2.75) is 4.90 Å². The molecule has 0 aliphatic heterocycles. The van der Waals surface area contributed by atoms with Gasteiger partial charge in [-0.25, -0.2) is 17.5 Å². The molecule has 0 radical (unpaired) electrons. The molecule has 23 heavy (non-hydrogen) atoms. The molecule has 1 amide bonds. The van der Waals surface area contributed by atoms with Crippen molar-refractivity contribution in [1.82, 2.24) is 4.72 Å². The molecule has 1 N–H and O–H groups in total. The number of hydrogen-bond donors (Lipinski definition) is 1. The molecule has 0 saturated carbocycles. The Labute approximate surface area is 132 Å². The first-order chi connectivity index (χ1) is 10.9. The maximum Gasteiger partial charge on any atom is 0.267 e. The van der Waals surface area contributed by atoms with Crippen LogP contribution in [0, 0.1) is 5.82 Å². The summed E-state index contributed by atoms with van der Waals surface area (Å²) in [4.78, 5) is 11.7. The van der Waals surface area contributed by atoms with Crippen LogP contribution in [-0.2, 0) is 10.0 Å². The highest BCUT2D eigenvalue weighted by atomic mass is 32.2. The summed E-state index contributed by atoms with van der Waals surface area (Å²) < 4.78 is 49.9. The lowest BCUT2D eigenvalue weighted by Gasteiger charge is -2.11. The highest BCUT2D eigenvalue weighted by molar-refractivity contribution is 7.90. The second-order valence-corrected chi connectivity index (χ2v) is 6.11. The lowest BCUT2D eigenvalue weighted by Crippen LogP contribution is -2.31. The lowest BCUT2D eigenvalue weighted by molar-refractivity contribution is 0.0977. The maximum atomic E-state index is 13.5. The Hall–Kier alpha value is -2.61. The second kappa shape index (κ2) is 6.66. The van der Waals surface area contributed by atoms with Crippen molar-refractivity contribution in [3.8, 4) is 11.5 Å². The summed E-state index contributed by atoms with van der Waals surface area (Å²) in [6, 6.07) is 8.93. The van der Waals surface area contributed by atoms with Crippen LogP contribution in [0.2, 0.25) is 0 Å². The second-order valence-electron chi connectivity index (χ2n) is 4.43. The van der Waals surface area contributed by atoms with Gasteiger partial charge in [0.25, 0.3) is 15.9 Å². The number of hydrogen-bond acceptors (Lipinski definition) is 5. The van der Waals surface area contributed by atoms with Crippen molar-refractivity contribution in [2.24, 2.45) is 0 Å². The molecule has 0 fully saturated rings. The minimum atomic E-state index is -4.18. The van der Waals surface area contributed by atoms with Crippen LogP contribution in [0.3, 0.4) is 0 Å². The number of methoxy groups -OCH3 is 2. The third-order valence-corrected chi connectivity index (χ3v) is 4.34. The summed E-state index contributed by atoms with van der Waals surface area (Å²) in [5, 5.41) is 0. The monoisotopic (exact) mass is 339 g/mol. The van der Waals surface area contributed by atoms with E-state index < -0.39 is 21.7 Å². The van der Waals surface area contributed by atoms with Crippen LogP contribution in [0.25, 0.3) is 0 Å². The van der Waals surface area contributed by atoms with Gasteiger partial charge in [-0.3, -0.25) is 4.79 Å². The van der Waals surface area contributed by atoms with Crippen molar-refractivity contribution in [1.29, 1.82) is 0 Å². The first-order valence-corrected chi connectivity index (χ1v) is 7.91. The van der Waals surface area contributed by atoms with Crippen LogP contribution in [0.1, 0.15) is 10.4 Å². The van der Waals surface area contributed by atoms with E-state index in [1.807, 2.05) is 4.72 Å². The molecule has 0 bridgehead atoms. The number of carbonyl (C=O) groups is 1. The van der Waals surface area contributed by atoms with Crippen molar-refractivity contribution in [3.05, 3.63) is 53.8 Å². The minimum Gasteiger partial charge on any atom is -0.493 e. The maximum absolute atomic E-state index is 13.5. The first-order valence-electron chi connectivity index (χ1n) is 6.42. The third-order valence-electron chi connectivity index (χ3n) is 3.01. The number of amides is 1. The average molecular weight is 339 g/mol. The molecule has 2 aromatic rings. The van der Waals surface area contributed by atoms with Gasteiger partial charge in [0.05, 0.1) is 24.7 Å². The number of rotatable bonds is 5. The fourth-order valence-electron chi connectivity index (χ4n) is 1.86. The topological polar surface area (TPSA) is 81.7 Å². The van der Waals surface area contributed by atoms with Crippen molar-refractivity contribution < 1.29 is 27.1 Å². The summed E-state index contributed by atoms with van der Waals surface area (Å²) in [5.41, 5.74) is -0.364. The molecule has 0 atom stereocenters. The van der Waals surface area contributed by atoms with E-state index in [4.69, 9.17) is 9.47 Å². The van der Waals surface area contributed by atoms with E-state index in [2.05, 4.69) is 0 Å². The normalized spacial score (nSPS) is 10.9. The van der Waals surface area contributed by atoms with Crippen molar-refractivity contribution >= 4 is 15.9 Å². The van der Waals surface area contributed by atoms with Crippen LogP contribution in [0.5, 0.6) is 11.5 Å². The number of nitrogens with one attached hydrogen (secondary N) is 1. The lowest BCUT2D eigenvalue weighted by atomic mass is 10.2. The van der Waals surface area contributed by atoms with E-state index in [1.165, 1.54) is 50.6 Å². The number of carbonyl (C=O) groups excluding carboxylic acids is 1. The Morgan fingerprint density at radius 2 is 1.70 bits per heavy atom. The fourth-order valence-corrected chi connectivity index (χ4v) is 2.85. The summed E-state index contributed by atoms with van der Waals surface area (Å²) in [5.74, 6) is -1.34. The van der Waals surface area contributed by atoms with Gasteiger partial charge < -0.3 is 9.47 Å². The highest BCUT2D eigenvalue weighted by Crippen LogP contribution is 2.29. The van der Waals surface area contributed by atoms with Crippen LogP contribution in [0.15, 0.2) is 47.4 Å². The van der Waals surface area contributed by atoms with Gasteiger partial charge in [0.15, 0.2) is 11.5 Å². The molecule has 0 heterocycles. The largest absolute Gasteiger partial charge is 0.493 e. The van der Waals surface area contributed by atoms with E-state index in [1.54, 1.807) is 0 Å². The van der Waals surface area contributed by atoms with Gasteiger partial charge in [0.2, 0.25) is 0 Å². The molecule has 0 spiro atoms. The fraction of sp³-hybridized carbons (Fsp3) is 0.133. The van der Waals surface area contributed by atoms with Crippen LogP contribution in [0.4, 0.5) is 4.39 Å². The third kappa shape index (κ3) is 3.59. The molecule has 0 aliphatic rings. The van der Waals surface area contributed by atoms with E-state index in [-0.39, 0.29) is 16.2 Å². The SMILES string of the molecule is COc1ccc(S(=O)(=O)NC(=O)c2ccccc2F)cc1OC. The number of benzene rings is 2. The van der Waals surface area contributed by atoms with Gasteiger partial charge in [-0.2, -0.15) is 0 Å². The first kappa shape index (κ1) is 16.8. The quantitative estimate of drug-likeness (QED) is 0.900. The molecule has 0 aromatic heterocycles. The average Bonchev–Trinajstić information content (AvgIpc) is 2.54. The summed E-state index contributed by atoms with van der Waals surface area (Å²) in [6.45, 7) is 0. The predicted molar refractivity (Wildman–Crippen MR) is 80.6 cm³/mol. The zero-order valence-corrected chi connectivity index (χ0v) is 13.2. The molecule has 8 heteroatoms. The molecule has 0 aliphatic carbocycles. The van der Waals surface area contributed by atoms with Crippen molar-refractivity contribution in [2.75, 3.05) is 14.2 Å². The standard InChI is InChI=1S/C15H14FNO5S/c1-21-13-8-7-10(9-14(13)22-2)23(19,20)17-15(18)11-5-3-4-6-12(11)16/h3-9H,1-2H3,(H,17,18). The highest BCUT2D eigenvalue weighted by Gasteiger charge is 2.22. The van der Waals surface area contributed by atoms with E-state index in [0.717, 1.165) is 6.07 Å². The molecule has 2 rings (SSSR count). The van der Waals surface area contributed by atoms with Gasteiger partial charge >= 0.3 is 0 Å². The van der Waals surface area contributed by atoms with Gasteiger partial charge in [0, 0.05) is 6.07 Å². The summed E-state index contributed by atoms with van der Waals surface area (Å²) in [6.07, 6.45) is 0.